The van der Waals surface area contributed by atoms with Crippen LogP contribution in [0.15, 0.2) is 24.3 Å². The van der Waals surface area contributed by atoms with E-state index in [-0.39, 0.29) is 11.7 Å². The minimum absolute atomic E-state index is 0.0187. The number of halogens is 2. The van der Waals surface area contributed by atoms with Crippen LogP contribution in [0.4, 0.5) is 8.78 Å². The quantitative estimate of drug-likeness (QED) is 0.881. The molecule has 5 heteroatoms. The number of hydrogen-bond acceptors (Lipinski definition) is 2. The van der Waals surface area contributed by atoms with Gasteiger partial charge in [0.1, 0.15) is 5.75 Å². The molecule has 1 rings (SSSR count). The van der Waals surface area contributed by atoms with Crippen LogP contribution < -0.4 is 4.74 Å². The van der Waals surface area contributed by atoms with Gasteiger partial charge >= 0.3 is 12.6 Å². The topological polar surface area (TPSA) is 46.5 Å². The molecule has 0 heterocycles. The van der Waals surface area contributed by atoms with E-state index < -0.39 is 18.0 Å². The van der Waals surface area contributed by atoms with Crippen molar-refractivity contribution in [3.8, 4) is 5.75 Å². The summed E-state index contributed by atoms with van der Waals surface area (Å²) in [6.45, 7) is 2.34. The Morgan fingerprint density at radius 3 is 2.11 bits per heavy atom. The second-order valence-corrected chi connectivity index (χ2v) is 4.57. The van der Waals surface area contributed by atoms with Crippen molar-refractivity contribution in [2.45, 2.75) is 32.8 Å². The van der Waals surface area contributed by atoms with E-state index in [2.05, 4.69) is 4.74 Å². The maximum absolute atomic E-state index is 12.0. The van der Waals surface area contributed by atoms with E-state index in [9.17, 15) is 18.7 Å². The summed E-state index contributed by atoms with van der Waals surface area (Å²) in [6, 6.07) is 5.72. The summed E-state index contributed by atoms with van der Waals surface area (Å²) < 4.78 is 28.2. The highest BCUT2D eigenvalue weighted by molar-refractivity contribution is 5.81. The summed E-state index contributed by atoms with van der Waals surface area (Å²) in [4.78, 5) is 11.4. The summed E-state index contributed by atoms with van der Waals surface area (Å²) in [7, 11) is 0. The summed E-state index contributed by atoms with van der Waals surface area (Å²) in [6.07, 6.45) is 0. The molecule has 1 N–H and O–H groups in total. The monoisotopic (exact) mass is 258 g/mol. The van der Waals surface area contributed by atoms with Gasteiger partial charge in [-0.15, -0.1) is 0 Å². The lowest BCUT2D eigenvalue weighted by Crippen LogP contribution is -2.37. The number of aliphatic carboxylic acids is 1. The molecule has 0 aliphatic carbocycles. The predicted octanol–water partition coefficient (Wildman–Crippen LogP) is 3.29. The molecule has 18 heavy (non-hydrogen) atoms. The van der Waals surface area contributed by atoms with Crippen LogP contribution in [-0.2, 0) is 10.2 Å². The van der Waals surface area contributed by atoms with Gasteiger partial charge in [-0.2, -0.15) is 8.78 Å². The van der Waals surface area contributed by atoms with Crippen molar-refractivity contribution in [3.63, 3.8) is 0 Å². The van der Waals surface area contributed by atoms with Crippen molar-refractivity contribution < 1.29 is 23.4 Å². The fourth-order valence-electron chi connectivity index (χ4n) is 1.69. The van der Waals surface area contributed by atoms with Gasteiger partial charge in [-0.25, -0.2) is 0 Å². The Morgan fingerprint density at radius 1 is 1.28 bits per heavy atom. The number of ether oxygens (including phenoxy) is 1. The zero-order valence-electron chi connectivity index (χ0n) is 10.5. The van der Waals surface area contributed by atoms with Gasteiger partial charge < -0.3 is 9.84 Å². The van der Waals surface area contributed by atoms with Crippen molar-refractivity contribution in [2.75, 3.05) is 0 Å². The van der Waals surface area contributed by atoms with Crippen LogP contribution in [-0.4, -0.2) is 17.7 Å². The lowest BCUT2D eigenvalue weighted by molar-refractivity contribution is -0.145. The molecule has 1 atom stereocenters. The van der Waals surface area contributed by atoms with Crippen LogP contribution >= 0.6 is 0 Å². The van der Waals surface area contributed by atoms with Crippen LogP contribution in [0, 0.1) is 5.92 Å². The highest BCUT2D eigenvalue weighted by Crippen LogP contribution is 2.33. The van der Waals surface area contributed by atoms with Crippen LogP contribution in [0.5, 0.6) is 5.75 Å². The Bertz CT molecular complexity index is 415. The molecule has 0 bridgehead atoms. The Balaban J connectivity index is 3.06. The number of benzene rings is 1. The van der Waals surface area contributed by atoms with Crippen molar-refractivity contribution in [1.82, 2.24) is 0 Å². The highest BCUT2D eigenvalue weighted by Gasteiger charge is 2.38. The number of carboxylic acid groups (broad SMARTS) is 1. The normalized spacial score (nSPS) is 14.6. The van der Waals surface area contributed by atoms with Crippen LogP contribution in [0.25, 0.3) is 0 Å². The molecule has 3 nitrogen and oxygen atoms in total. The van der Waals surface area contributed by atoms with E-state index in [0.717, 1.165) is 0 Å². The molecule has 0 fully saturated rings. The zero-order chi connectivity index (χ0) is 13.9. The van der Waals surface area contributed by atoms with Crippen molar-refractivity contribution in [3.05, 3.63) is 29.8 Å². The molecule has 100 valence electrons. The molecule has 1 aromatic carbocycles. The smallest absolute Gasteiger partial charge is 0.387 e. The molecule has 0 aromatic heterocycles. The maximum Gasteiger partial charge on any atom is 0.387 e. The third-order valence-electron chi connectivity index (χ3n) is 3.28. The number of carbonyl (C=O) groups is 1. The molecule has 1 unspecified atom stereocenters. The van der Waals surface area contributed by atoms with Gasteiger partial charge in [0.25, 0.3) is 0 Å². The third-order valence-corrected chi connectivity index (χ3v) is 3.28. The zero-order valence-corrected chi connectivity index (χ0v) is 10.5. The Hall–Kier alpha value is -1.65. The Kier molecular flexibility index (Phi) is 4.27. The lowest BCUT2D eigenvalue weighted by atomic mass is 9.73. The van der Waals surface area contributed by atoms with E-state index in [1.165, 1.54) is 24.3 Å². The molecule has 0 amide bonds. The average molecular weight is 258 g/mol. The Labute approximate surface area is 104 Å². The van der Waals surface area contributed by atoms with Gasteiger partial charge in [0.15, 0.2) is 0 Å². The van der Waals surface area contributed by atoms with Crippen molar-refractivity contribution in [2.24, 2.45) is 5.92 Å². The number of rotatable bonds is 5. The van der Waals surface area contributed by atoms with Crippen LogP contribution in [0.2, 0.25) is 0 Å². The van der Waals surface area contributed by atoms with Gasteiger partial charge in [0.2, 0.25) is 0 Å². The number of carboxylic acids is 1. The van der Waals surface area contributed by atoms with E-state index in [4.69, 9.17) is 0 Å². The molecule has 0 spiro atoms. The minimum atomic E-state index is -2.88. The summed E-state index contributed by atoms with van der Waals surface area (Å²) in [5, 5.41) is 9.32. The summed E-state index contributed by atoms with van der Waals surface area (Å²) in [5.74, 6) is -1.05. The van der Waals surface area contributed by atoms with Gasteiger partial charge in [-0.05, 0) is 30.5 Å². The summed E-state index contributed by atoms with van der Waals surface area (Å²) >= 11 is 0. The number of hydrogen-bond donors (Lipinski definition) is 1. The lowest BCUT2D eigenvalue weighted by Gasteiger charge is -2.29. The molecular weight excluding hydrogens is 242 g/mol. The first-order valence-corrected chi connectivity index (χ1v) is 5.57. The SMILES string of the molecule is CC(C)C(C)(C(=O)O)c1ccc(OC(F)F)cc1. The standard InChI is InChI=1S/C13H16F2O3/c1-8(2)13(3,11(16)17)9-4-6-10(7-5-9)18-12(14)15/h4-8,12H,1-3H3,(H,16,17). The van der Waals surface area contributed by atoms with Crippen molar-refractivity contribution in [1.29, 1.82) is 0 Å². The predicted molar refractivity (Wildman–Crippen MR) is 62.9 cm³/mol. The van der Waals surface area contributed by atoms with E-state index in [0.29, 0.717) is 5.56 Å². The van der Waals surface area contributed by atoms with Gasteiger partial charge in [0, 0.05) is 0 Å². The van der Waals surface area contributed by atoms with Gasteiger partial charge in [-0.3, -0.25) is 4.79 Å². The minimum Gasteiger partial charge on any atom is -0.481 e. The second-order valence-electron chi connectivity index (χ2n) is 4.57. The van der Waals surface area contributed by atoms with Crippen LogP contribution in [0.1, 0.15) is 26.3 Å². The van der Waals surface area contributed by atoms with Gasteiger partial charge in [-0.1, -0.05) is 26.0 Å². The molecule has 1 aromatic rings. The fraction of sp³-hybridized carbons (Fsp3) is 0.462. The molecule has 0 radical (unpaired) electrons. The van der Waals surface area contributed by atoms with Crippen molar-refractivity contribution >= 4 is 5.97 Å². The maximum atomic E-state index is 12.0. The van der Waals surface area contributed by atoms with Gasteiger partial charge in [0.05, 0.1) is 5.41 Å². The Morgan fingerprint density at radius 2 is 1.78 bits per heavy atom. The molecule has 0 saturated carbocycles. The van der Waals surface area contributed by atoms with E-state index >= 15 is 0 Å². The van der Waals surface area contributed by atoms with E-state index in [1.807, 2.05) is 0 Å². The third kappa shape index (κ3) is 2.78. The van der Waals surface area contributed by atoms with Crippen LogP contribution in [0.3, 0.4) is 0 Å². The first-order valence-electron chi connectivity index (χ1n) is 5.57. The molecule has 0 aliphatic rings. The van der Waals surface area contributed by atoms with E-state index in [1.54, 1.807) is 20.8 Å². The largest absolute Gasteiger partial charge is 0.481 e. The molecular formula is C13H16F2O3. The molecule has 0 aliphatic heterocycles. The number of alkyl halides is 2. The second kappa shape index (κ2) is 5.33. The summed E-state index contributed by atoms with van der Waals surface area (Å²) in [5.41, 5.74) is -0.491. The first kappa shape index (κ1) is 14.4. The average Bonchev–Trinajstić information content (AvgIpc) is 2.27. The first-order chi connectivity index (χ1) is 8.28. The molecule has 0 saturated heterocycles. The highest BCUT2D eigenvalue weighted by atomic mass is 19.3. The fourth-order valence-corrected chi connectivity index (χ4v) is 1.69.